The molecule has 0 aromatic carbocycles. The maximum absolute atomic E-state index is 12.5. The molecule has 1 aliphatic heterocycles. The quantitative estimate of drug-likeness (QED) is 0.787. The van der Waals surface area contributed by atoms with Crippen molar-refractivity contribution in [1.82, 2.24) is 5.32 Å². The Morgan fingerprint density at radius 2 is 2.29 bits per heavy atom. The molecule has 1 fully saturated rings. The molecule has 0 amide bonds. The second-order valence-corrected chi connectivity index (χ2v) is 4.99. The SMILES string of the molecule is FC(F)C1(CNC2=NCCCS2)CC1. The van der Waals surface area contributed by atoms with Gasteiger partial charge in [-0.25, -0.2) is 8.78 Å². The van der Waals surface area contributed by atoms with E-state index < -0.39 is 11.8 Å². The fraction of sp³-hybridized carbons (Fsp3) is 0.889. The third-order valence-corrected chi connectivity index (χ3v) is 3.78. The van der Waals surface area contributed by atoms with Crippen LogP contribution in [0.25, 0.3) is 0 Å². The summed E-state index contributed by atoms with van der Waals surface area (Å²) in [6.07, 6.45) is 0.199. The predicted molar refractivity (Wildman–Crippen MR) is 55.1 cm³/mol. The molecular weight excluding hydrogens is 206 g/mol. The molecular formula is C9H14F2N2S. The van der Waals surface area contributed by atoms with Crippen molar-refractivity contribution in [2.24, 2.45) is 10.4 Å². The number of thioether (sulfide) groups is 1. The van der Waals surface area contributed by atoms with E-state index in [0.717, 1.165) is 23.9 Å². The lowest BCUT2D eigenvalue weighted by atomic mass is 10.1. The van der Waals surface area contributed by atoms with Crippen LogP contribution in [0.15, 0.2) is 4.99 Å². The molecule has 2 rings (SSSR count). The number of nitrogens with zero attached hydrogens (tertiary/aromatic N) is 1. The summed E-state index contributed by atoms with van der Waals surface area (Å²) >= 11 is 1.64. The smallest absolute Gasteiger partial charge is 0.245 e. The van der Waals surface area contributed by atoms with Crippen LogP contribution in [0.3, 0.4) is 0 Å². The van der Waals surface area contributed by atoms with Gasteiger partial charge in [0.2, 0.25) is 6.43 Å². The van der Waals surface area contributed by atoms with Gasteiger partial charge in [-0.2, -0.15) is 0 Å². The number of hydrogen-bond donors (Lipinski definition) is 1. The number of halogens is 2. The summed E-state index contributed by atoms with van der Waals surface area (Å²) in [7, 11) is 0. The van der Waals surface area contributed by atoms with Crippen molar-refractivity contribution < 1.29 is 8.78 Å². The molecule has 2 aliphatic rings. The molecule has 0 aromatic rings. The molecule has 80 valence electrons. The largest absolute Gasteiger partial charge is 0.364 e. The molecule has 0 atom stereocenters. The Morgan fingerprint density at radius 1 is 1.50 bits per heavy atom. The Morgan fingerprint density at radius 3 is 2.79 bits per heavy atom. The molecule has 1 heterocycles. The van der Waals surface area contributed by atoms with Gasteiger partial charge in [-0.15, -0.1) is 0 Å². The van der Waals surface area contributed by atoms with Gasteiger partial charge in [-0.05, 0) is 19.3 Å². The Bertz CT molecular complexity index is 239. The zero-order chi connectivity index (χ0) is 10.0. The lowest BCUT2D eigenvalue weighted by Gasteiger charge is -2.18. The van der Waals surface area contributed by atoms with Crippen LogP contribution in [0.5, 0.6) is 0 Å². The van der Waals surface area contributed by atoms with E-state index in [1.54, 1.807) is 11.8 Å². The van der Waals surface area contributed by atoms with Gasteiger partial charge in [0.1, 0.15) is 0 Å². The highest BCUT2D eigenvalue weighted by atomic mass is 32.2. The number of aliphatic imine (C=N–C) groups is 1. The highest BCUT2D eigenvalue weighted by molar-refractivity contribution is 8.13. The first-order valence-corrected chi connectivity index (χ1v) is 5.91. The third kappa shape index (κ3) is 2.19. The average molecular weight is 220 g/mol. The summed E-state index contributed by atoms with van der Waals surface area (Å²) in [5.41, 5.74) is -0.736. The van der Waals surface area contributed by atoms with Crippen LogP contribution < -0.4 is 5.32 Å². The molecule has 0 radical (unpaired) electrons. The van der Waals surface area contributed by atoms with E-state index in [0.29, 0.717) is 19.4 Å². The summed E-state index contributed by atoms with van der Waals surface area (Å²) in [6, 6.07) is 0. The zero-order valence-corrected chi connectivity index (χ0v) is 8.75. The highest BCUT2D eigenvalue weighted by Crippen LogP contribution is 2.50. The maximum atomic E-state index is 12.5. The van der Waals surface area contributed by atoms with E-state index in [9.17, 15) is 8.78 Å². The average Bonchev–Trinajstić information content (AvgIpc) is 2.97. The number of hydrogen-bond acceptors (Lipinski definition) is 3. The topological polar surface area (TPSA) is 24.4 Å². The Balaban J connectivity index is 1.79. The molecule has 0 unspecified atom stereocenters. The first-order valence-electron chi connectivity index (χ1n) is 4.92. The summed E-state index contributed by atoms with van der Waals surface area (Å²) in [4.78, 5) is 4.24. The predicted octanol–water partition coefficient (Wildman–Crippen LogP) is 2.11. The number of amidine groups is 1. The zero-order valence-electron chi connectivity index (χ0n) is 7.93. The van der Waals surface area contributed by atoms with Crippen LogP contribution in [0.2, 0.25) is 0 Å². The van der Waals surface area contributed by atoms with Crippen LogP contribution >= 0.6 is 11.8 Å². The van der Waals surface area contributed by atoms with Crippen molar-refractivity contribution in [2.75, 3.05) is 18.8 Å². The molecule has 0 spiro atoms. The molecule has 1 aliphatic carbocycles. The van der Waals surface area contributed by atoms with E-state index in [1.165, 1.54) is 0 Å². The maximum Gasteiger partial charge on any atom is 0.245 e. The second-order valence-electron chi connectivity index (χ2n) is 3.91. The lowest BCUT2D eigenvalue weighted by molar-refractivity contribution is 0.0641. The van der Waals surface area contributed by atoms with Gasteiger partial charge >= 0.3 is 0 Å². The van der Waals surface area contributed by atoms with Gasteiger partial charge in [0.05, 0.1) is 0 Å². The van der Waals surface area contributed by atoms with Crippen molar-refractivity contribution >= 4 is 16.9 Å². The third-order valence-electron chi connectivity index (χ3n) is 2.74. The fourth-order valence-corrected chi connectivity index (χ4v) is 2.27. The van der Waals surface area contributed by atoms with Crippen LogP contribution in [0.4, 0.5) is 8.78 Å². The molecule has 2 nitrogen and oxygen atoms in total. The van der Waals surface area contributed by atoms with Gasteiger partial charge in [-0.1, -0.05) is 11.8 Å². The summed E-state index contributed by atoms with van der Waals surface area (Å²) in [5, 5.41) is 3.89. The normalized spacial score (nSPS) is 24.6. The molecule has 0 aromatic heterocycles. The van der Waals surface area contributed by atoms with Crippen LogP contribution in [-0.2, 0) is 0 Å². The van der Waals surface area contributed by atoms with E-state index in [-0.39, 0.29) is 0 Å². The number of nitrogens with one attached hydrogen (secondary N) is 1. The first kappa shape index (κ1) is 10.2. The second kappa shape index (κ2) is 4.04. The molecule has 1 N–H and O–H groups in total. The van der Waals surface area contributed by atoms with Crippen molar-refractivity contribution in [1.29, 1.82) is 0 Å². The van der Waals surface area contributed by atoms with Crippen LogP contribution in [-0.4, -0.2) is 30.4 Å². The van der Waals surface area contributed by atoms with Crippen LogP contribution in [0, 0.1) is 5.41 Å². The molecule has 5 heteroatoms. The minimum atomic E-state index is -2.19. The molecule has 0 bridgehead atoms. The van der Waals surface area contributed by atoms with Crippen LogP contribution in [0.1, 0.15) is 19.3 Å². The Hall–Kier alpha value is -0.320. The van der Waals surface area contributed by atoms with Crippen molar-refractivity contribution in [2.45, 2.75) is 25.7 Å². The van der Waals surface area contributed by atoms with E-state index in [2.05, 4.69) is 10.3 Å². The van der Waals surface area contributed by atoms with Gasteiger partial charge in [0, 0.05) is 24.3 Å². The summed E-state index contributed by atoms with van der Waals surface area (Å²) in [5.74, 6) is 1.05. The van der Waals surface area contributed by atoms with Gasteiger partial charge in [0.15, 0.2) is 5.17 Å². The number of rotatable bonds is 3. The minimum absolute atomic E-state index is 0.385. The van der Waals surface area contributed by atoms with E-state index >= 15 is 0 Å². The number of alkyl halides is 2. The molecule has 1 saturated carbocycles. The van der Waals surface area contributed by atoms with E-state index in [1.807, 2.05) is 0 Å². The molecule has 14 heavy (non-hydrogen) atoms. The van der Waals surface area contributed by atoms with Gasteiger partial charge < -0.3 is 5.32 Å². The summed E-state index contributed by atoms with van der Waals surface area (Å²) in [6.45, 7) is 1.22. The Labute approximate surface area is 86.5 Å². The van der Waals surface area contributed by atoms with Gasteiger partial charge in [-0.3, -0.25) is 4.99 Å². The first-order chi connectivity index (χ1) is 6.73. The summed E-state index contributed by atoms with van der Waals surface area (Å²) < 4.78 is 25.1. The monoisotopic (exact) mass is 220 g/mol. The van der Waals surface area contributed by atoms with Crippen molar-refractivity contribution in [3.05, 3.63) is 0 Å². The van der Waals surface area contributed by atoms with Gasteiger partial charge in [0.25, 0.3) is 0 Å². The fourth-order valence-electron chi connectivity index (χ4n) is 1.45. The standard InChI is InChI=1S/C9H14F2N2S/c10-7(11)9(2-3-9)6-13-8-12-4-1-5-14-8/h7H,1-6H2,(H,12,13). The lowest BCUT2D eigenvalue weighted by Crippen LogP contribution is -2.33. The highest BCUT2D eigenvalue weighted by Gasteiger charge is 2.50. The Kier molecular flexibility index (Phi) is 2.95. The van der Waals surface area contributed by atoms with Crippen molar-refractivity contribution in [3.63, 3.8) is 0 Å². The van der Waals surface area contributed by atoms with E-state index in [4.69, 9.17) is 0 Å². The molecule has 0 saturated heterocycles. The minimum Gasteiger partial charge on any atom is -0.364 e. The van der Waals surface area contributed by atoms with Crippen molar-refractivity contribution in [3.8, 4) is 0 Å².